The Labute approximate surface area is 332 Å². The smallest absolute Gasteiger partial charge is 0.220 e. The van der Waals surface area contributed by atoms with Gasteiger partial charge in [0.15, 0.2) is 0 Å². The standard InChI is InChI=1S/C45H48ClFN6O3/c1-52(45-15-12-28(13-16-45)14-17-45)26-32-18-30(22-48)31(21-41(32)55-2)27-53-40-9-5-7-35(37(40)25-50-53)36-8-4-6-34(44(36)46)29-19-39(47)38(42(20-29)56-3)24-49-23-33-10-11-43(54)51-33/h4-9,18-21,25,28,33,49H,10-17,23-24,26-27H2,1-3H3,(H,51,54). The molecule has 9 nitrogen and oxygen atoms in total. The van der Waals surface area contributed by atoms with Gasteiger partial charge in [0.2, 0.25) is 5.91 Å². The third-order valence-electron chi connectivity index (χ3n) is 12.7. The van der Waals surface area contributed by atoms with Gasteiger partial charge in [-0.2, -0.15) is 10.4 Å². The van der Waals surface area contributed by atoms with Crippen molar-refractivity contribution in [1.29, 1.82) is 5.26 Å². The first-order chi connectivity index (χ1) is 27.2. The molecule has 9 rings (SSSR count). The normalized spacial score (nSPS) is 20.4. The molecule has 1 saturated heterocycles. The molecule has 3 saturated carbocycles. The Morgan fingerprint density at radius 2 is 1.73 bits per heavy atom. The van der Waals surface area contributed by atoms with E-state index in [1.807, 2.05) is 65.5 Å². The van der Waals surface area contributed by atoms with Crippen LogP contribution in [0.25, 0.3) is 33.2 Å². The molecule has 2 N–H and O–H groups in total. The van der Waals surface area contributed by atoms with E-state index >= 15 is 4.39 Å². The maximum absolute atomic E-state index is 15.7. The lowest BCUT2D eigenvalue weighted by Gasteiger charge is -2.52. The van der Waals surface area contributed by atoms with E-state index in [0.29, 0.717) is 52.5 Å². The number of halogens is 2. The number of fused-ring (bicyclic) bond motifs is 4. The monoisotopic (exact) mass is 774 g/mol. The molecule has 290 valence electrons. The molecule has 2 heterocycles. The lowest BCUT2D eigenvalue weighted by atomic mass is 9.65. The first-order valence-electron chi connectivity index (χ1n) is 19.6. The highest BCUT2D eigenvalue weighted by atomic mass is 35.5. The van der Waals surface area contributed by atoms with Crippen LogP contribution in [0.15, 0.2) is 66.9 Å². The Kier molecular flexibility index (Phi) is 10.8. The summed E-state index contributed by atoms with van der Waals surface area (Å²) < 4.78 is 29.2. The van der Waals surface area contributed by atoms with Crippen LogP contribution in [-0.2, 0) is 24.4 Å². The third kappa shape index (κ3) is 7.24. The number of methoxy groups -OCH3 is 2. The van der Waals surface area contributed by atoms with Crippen molar-refractivity contribution in [2.75, 3.05) is 27.8 Å². The number of nitrogens with zero attached hydrogens (tertiary/aromatic N) is 4. The fraction of sp³-hybridized carbons (Fsp3) is 0.400. The van der Waals surface area contributed by atoms with E-state index in [4.69, 9.17) is 26.2 Å². The average Bonchev–Trinajstić information content (AvgIpc) is 3.84. The van der Waals surface area contributed by atoms with Crippen LogP contribution in [0.4, 0.5) is 4.39 Å². The summed E-state index contributed by atoms with van der Waals surface area (Å²) >= 11 is 7.17. The molecular formula is C45H48ClFN6O3. The fourth-order valence-electron chi connectivity index (χ4n) is 9.35. The molecule has 56 heavy (non-hydrogen) atoms. The lowest BCUT2D eigenvalue weighted by Crippen LogP contribution is -2.51. The van der Waals surface area contributed by atoms with E-state index < -0.39 is 5.82 Å². The van der Waals surface area contributed by atoms with Crippen LogP contribution in [0.2, 0.25) is 5.02 Å². The van der Waals surface area contributed by atoms with Gasteiger partial charge in [0.1, 0.15) is 17.3 Å². The van der Waals surface area contributed by atoms with Crippen LogP contribution in [0.3, 0.4) is 0 Å². The summed E-state index contributed by atoms with van der Waals surface area (Å²) in [6.07, 6.45) is 10.8. The van der Waals surface area contributed by atoms with Gasteiger partial charge in [-0.3, -0.25) is 14.4 Å². The molecule has 4 aromatic carbocycles. The molecule has 0 spiro atoms. The summed E-state index contributed by atoms with van der Waals surface area (Å²) in [4.78, 5) is 14.1. The van der Waals surface area contributed by atoms with Gasteiger partial charge in [-0.05, 0) is 105 Å². The second kappa shape index (κ2) is 15.9. The van der Waals surface area contributed by atoms with Gasteiger partial charge >= 0.3 is 0 Å². The summed E-state index contributed by atoms with van der Waals surface area (Å²) in [6.45, 7) is 1.92. The number of carbonyl (C=O) groups excluding carboxylic acids is 1. The minimum Gasteiger partial charge on any atom is -0.496 e. The molecule has 2 bridgehead atoms. The van der Waals surface area contributed by atoms with E-state index in [2.05, 4.69) is 28.7 Å². The average molecular weight is 775 g/mol. The summed E-state index contributed by atoms with van der Waals surface area (Å²) in [5.41, 5.74) is 6.96. The quantitative estimate of drug-likeness (QED) is 0.124. The Hall–Kier alpha value is -4.95. The zero-order valence-corrected chi connectivity index (χ0v) is 33.0. The molecule has 1 amide bonds. The molecular weight excluding hydrogens is 727 g/mol. The highest BCUT2D eigenvalue weighted by molar-refractivity contribution is 6.36. The van der Waals surface area contributed by atoms with Crippen molar-refractivity contribution in [2.45, 2.75) is 82.6 Å². The maximum Gasteiger partial charge on any atom is 0.220 e. The summed E-state index contributed by atoms with van der Waals surface area (Å²) in [7, 11) is 5.45. The number of carbonyl (C=O) groups is 1. The van der Waals surface area contributed by atoms with Crippen LogP contribution in [0.5, 0.6) is 11.5 Å². The summed E-state index contributed by atoms with van der Waals surface area (Å²) in [6, 6.07) is 21.5. The van der Waals surface area contributed by atoms with Crippen LogP contribution >= 0.6 is 11.6 Å². The topological polar surface area (TPSA) is 104 Å². The minimum absolute atomic E-state index is 0.0387. The largest absolute Gasteiger partial charge is 0.496 e. The number of nitrogens with one attached hydrogen (secondary N) is 2. The first kappa shape index (κ1) is 37.9. The molecule has 5 aromatic rings. The molecule has 1 aliphatic heterocycles. The highest BCUT2D eigenvalue weighted by Gasteiger charge is 2.43. The van der Waals surface area contributed by atoms with Crippen LogP contribution in [0.1, 0.15) is 73.6 Å². The number of benzene rings is 4. The van der Waals surface area contributed by atoms with E-state index in [9.17, 15) is 10.1 Å². The number of hydrogen-bond donors (Lipinski definition) is 2. The lowest BCUT2D eigenvalue weighted by molar-refractivity contribution is -0.119. The van der Waals surface area contributed by atoms with Crippen molar-refractivity contribution in [2.24, 2.45) is 5.92 Å². The Morgan fingerprint density at radius 1 is 1.00 bits per heavy atom. The van der Waals surface area contributed by atoms with Gasteiger partial charge in [0.05, 0.1) is 49.1 Å². The molecule has 3 aliphatic carbocycles. The highest BCUT2D eigenvalue weighted by Crippen LogP contribution is 2.48. The predicted molar refractivity (Wildman–Crippen MR) is 217 cm³/mol. The Bertz CT molecular complexity index is 2310. The van der Waals surface area contributed by atoms with E-state index in [0.717, 1.165) is 57.8 Å². The Morgan fingerprint density at radius 3 is 2.45 bits per heavy atom. The first-order valence-corrected chi connectivity index (χ1v) is 20.0. The third-order valence-corrected chi connectivity index (χ3v) is 13.1. The van der Waals surface area contributed by atoms with E-state index in [-0.39, 0.29) is 24.0 Å². The molecule has 4 aliphatic rings. The Balaban J connectivity index is 1.05. The SMILES string of the molecule is COc1cc(Cn2ncc3c(-c4cccc(-c5cc(F)c(CNCC6CCC(=O)N6)c(OC)c5)c4Cl)cccc32)c(C#N)cc1CN(C)C12CCC(CC1)CC2. The predicted octanol–water partition coefficient (Wildman–Crippen LogP) is 8.62. The van der Waals surface area contributed by atoms with Gasteiger partial charge < -0.3 is 20.1 Å². The minimum atomic E-state index is -0.406. The van der Waals surface area contributed by atoms with Gasteiger partial charge in [-0.1, -0.05) is 41.9 Å². The van der Waals surface area contributed by atoms with Gasteiger partial charge in [-0.25, -0.2) is 4.39 Å². The molecule has 1 aromatic heterocycles. The van der Waals surface area contributed by atoms with Crippen LogP contribution < -0.4 is 20.1 Å². The number of nitriles is 1. The second-order valence-electron chi connectivity index (χ2n) is 15.8. The molecule has 0 radical (unpaired) electrons. The number of hydrogen-bond acceptors (Lipinski definition) is 7. The summed E-state index contributed by atoms with van der Waals surface area (Å²) in [5.74, 6) is 1.73. The van der Waals surface area contributed by atoms with Crippen molar-refractivity contribution < 1.29 is 18.7 Å². The van der Waals surface area contributed by atoms with Gasteiger partial charge in [0.25, 0.3) is 0 Å². The maximum atomic E-state index is 15.7. The second-order valence-corrected chi connectivity index (χ2v) is 16.2. The van der Waals surface area contributed by atoms with Crippen LogP contribution in [0, 0.1) is 23.1 Å². The molecule has 1 unspecified atom stereocenters. The molecule has 1 atom stereocenters. The van der Waals surface area contributed by atoms with E-state index in [1.54, 1.807) is 7.11 Å². The number of amides is 1. The van der Waals surface area contributed by atoms with Gasteiger partial charge in [-0.15, -0.1) is 0 Å². The molecule has 4 fully saturated rings. The van der Waals surface area contributed by atoms with Gasteiger partial charge in [0, 0.05) is 65.3 Å². The van der Waals surface area contributed by atoms with Crippen molar-refractivity contribution >= 4 is 28.4 Å². The van der Waals surface area contributed by atoms with Crippen molar-refractivity contribution in [3.63, 3.8) is 0 Å². The van der Waals surface area contributed by atoms with Crippen molar-refractivity contribution in [3.05, 3.63) is 100.0 Å². The van der Waals surface area contributed by atoms with Crippen molar-refractivity contribution in [1.82, 2.24) is 25.3 Å². The zero-order valence-electron chi connectivity index (χ0n) is 32.3. The summed E-state index contributed by atoms with van der Waals surface area (Å²) in [5, 5.41) is 22.7. The zero-order chi connectivity index (χ0) is 39.0. The van der Waals surface area contributed by atoms with Crippen molar-refractivity contribution in [3.8, 4) is 39.8 Å². The molecule has 11 heteroatoms. The van der Waals surface area contributed by atoms with Crippen LogP contribution in [-0.4, -0.2) is 60.0 Å². The number of ether oxygens (including phenoxy) is 2. The number of rotatable bonds is 13. The fourth-order valence-corrected chi connectivity index (χ4v) is 9.69. The number of aromatic nitrogens is 2. The van der Waals surface area contributed by atoms with E-state index in [1.165, 1.54) is 51.7 Å².